The van der Waals surface area contributed by atoms with E-state index >= 15 is 0 Å². The number of halogens is 4. The van der Waals surface area contributed by atoms with Gasteiger partial charge in [-0.05, 0) is 46.3 Å². The van der Waals surface area contributed by atoms with Gasteiger partial charge < -0.3 is 11.1 Å². The van der Waals surface area contributed by atoms with Gasteiger partial charge in [0.1, 0.15) is 16.6 Å². The summed E-state index contributed by atoms with van der Waals surface area (Å²) in [6, 6.07) is 6.72. The molecule has 0 bridgehead atoms. The fourth-order valence-electron chi connectivity index (χ4n) is 1.60. The van der Waals surface area contributed by atoms with Gasteiger partial charge in [0.15, 0.2) is 0 Å². The second-order valence-corrected chi connectivity index (χ2v) is 5.63. The molecule has 0 spiro atoms. The molecule has 2 aromatic rings. The highest BCUT2D eigenvalue weighted by molar-refractivity contribution is 9.10. The standard InChI is InChI=1S/C13H8BrClF2N2S/c14-9-3-6(16)4-10(15)12(9)19-7-1-2-8(13(18)20)11(17)5-7/h1-5,19H,(H2,18,20). The minimum Gasteiger partial charge on any atom is -0.389 e. The van der Waals surface area contributed by atoms with Crippen LogP contribution in [0.3, 0.4) is 0 Å². The van der Waals surface area contributed by atoms with Crippen LogP contribution >= 0.6 is 39.7 Å². The Bertz CT molecular complexity index is 671. The van der Waals surface area contributed by atoms with E-state index in [-0.39, 0.29) is 15.6 Å². The molecule has 2 nitrogen and oxygen atoms in total. The molecular weight excluding hydrogens is 370 g/mol. The average molecular weight is 378 g/mol. The summed E-state index contributed by atoms with van der Waals surface area (Å²) >= 11 is 13.9. The van der Waals surface area contributed by atoms with Crippen molar-refractivity contribution in [3.63, 3.8) is 0 Å². The van der Waals surface area contributed by atoms with Crippen LogP contribution in [0.25, 0.3) is 0 Å². The molecule has 0 unspecified atom stereocenters. The Morgan fingerprint density at radius 3 is 2.50 bits per heavy atom. The predicted molar refractivity (Wildman–Crippen MR) is 84.7 cm³/mol. The van der Waals surface area contributed by atoms with Crippen LogP contribution in [0.5, 0.6) is 0 Å². The van der Waals surface area contributed by atoms with Gasteiger partial charge in [0, 0.05) is 15.7 Å². The second kappa shape index (κ2) is 6.03. The maximum atomic E-state index is 13.8. The zero-order chi connectivity index (χ0) is 14.9. The lowest BCUT2D eigenvalue weighted by atomic mass is 10.2. The predicted octanol–water partition coefficient (Wildman–Crippen LogP) is 4.76. The minimum atomic E-state index is -0.545. The van der Waals surface area contributed by atoms with Crippen molar-refractivity contribution in [1.29, 1.82) is 0 Å². The van der Waals surface area contributed by atoms with E-state index in [1.807, 2.05) is 0 Å². The first-order valence-corrected chi connectivity index (χ1v) is 6.97. The molecule has 0 aliphatic rings. The van der Waals surface area contributed by atoms with Crippen molar-refractivity contribution in [2.45, 2.75) is 0 Å². The molecule has 0 atom stereocenters. The molecule has 3 N–H and O–H groups in total. The summed E-state index contributed by atoms with van der Waals surface area (Å²) in [5, 5.41) is 3.08. The smallest absolute Gasteiger partial charge is 0.135 e. The Balaban J connectivity index is 2.36. The van der Waals surface area contributed by atoms with Crippen molar-refractivity contribution in [2.75, 3.05) is 5.32 Å². The van der Waals surface area contributed by atoms with Crippen LogP contribution in [0.15, 0.2) is 34.8 Å². The van der Waals surface area contributed by atoms with Gasteiger partial charge >= 0.3 is 0 Å². The minimum absolute atomic E-state index is 0.0185. The Kier molecular flexibility index (Phi) is 4.57. The average Bonchev–Trinajstić information content (AvgIpc) is 2.33. The lowest BCUT2D eigenvalue weighted by Gasteiger charge is -2.12. The fraction of sp³-hybridized carbons (Fsp3) is 0. The molecule has 0 saturated heterocycles. The molecule has 0 fully saturated rings. The van der Waals surface area contributed by atoms with Crippen LogP contribution in [0.1, 0.15) is 5.56 Å². The maximum Gasteiger partial charge on any atom is 0.135 e. The number of benzene rings is 2. The Hall–Kier alpha value is -1.24. The number of anilines is 2. The highest BCUT2D eigenvalue weighted by atomic mass is 79.9. The summed E-state index contributed by atoms with van der Waals surface area (Å²) in [6.07, 6.45) is 0. The van der Waals surface area contributed by atoms with Gasteiger partial charge in [-0.15, -0.1) is 0 Å². The normalized spacial score (nSPS) is 10.4. The fourth-order valence-corrected chi connectivity index (χ4v) is 2.66. The number of thiocarbonyl (C=S) groups is 1. The van der Waals surface area contributed by atoms with Crippen LogP contribution in [-0.2, 0) is 0 Å². The SMILES string of the molecule is NC(=S)c1ccc(Nc2c(Cl)cc(F)cc2Br)cc1F. The van der Waals surface area contributed by atoms with Gasteiger partial charge in [-0.25, -0.2) is 8.78 Å². The summed E-state index contributed by atoms with van der Waals surface area (Å²) in [4.78, 5) is -0.0185. The van der Waals surface area contributed by atoms with Crippen LogP contribution in [-0.4, -0.2) is 4.99 Å². The van der Waals surface area contributed by atoms with Crippen LogP contribution in [0, 0.1) is 11.6 Å². The first-order valence-electron chi connectivity index (χ1n) is 5.39. The zero-order valence-corrected chi connectivity index (χ0v) is 13.0. The summed E-state index contributed by atoms with van der Waals surface area (Å²) in [5.41, 5.74) is 6.43. The summed E-state index contributed by atoms with van der Waals surface area (Å²) in [6.45, 7) is 0. The van der Waals surface area contributed by atoms with E-state index < -0.39 is 11.6 Å². The lowest BCUT2D eigenvalue weighted by molar-refractivity contribution is 0.625. The van der Waals surface area contributed by atoms with Gasteiger partial charge in [-0.2, -0.15) is 0 Å². The third-order valence-electron chi connectivity index (χ3n) is 2.51. The molecule has 0 aromatic heterocycles. The van der Waals surface area contributed by atoms with Gasteiger partial charge in [0.2, 0.25) is 0 Å². The quantitative estimate of drug-likeness (QED) is 0.758. The van der Waals surface area contributed by atoms with E-state index in [1.54, 1.807) is 6.07 Å². The van der Waals surface area contributed by atoms with Gasteiger partial charge in [-0.1, -0.05) is 23.8 Å². The van der Waals surface area contributed by atoms with Crippen molar-refractivity contribution < 1.29 is 8.78 Å². The number of hydrogen-bond acceptors (Lipinski definition) is 2. The molecule has 7 heteroatoms. The highest BCUT2D eigenvalue weighted by Gasteiger charge is 2.10. The van der Waals surface area contributed by atoms with Gasteiger partial charge in [-0.3, -0.25) is 0 Å². The monoisotopic (exact) mass is 376 g/mol. The van der Waals surface area contributed by atoms with E-state index in [9.17, 15) is 8.78 Å². The topological polar surface area (TPSA) is 38.0 Å². The molecule has 0 radical (unpaired) electrons. The van der Waals surface area contributed by atoms with Crippen molar-refractivity contribution in [3.8, 4) is 0 Å². The summed E-state index contributed by atoms with van der Waals surface area (Å²) in [7, 11) is 0. The zero-order valence-electron chi connectivity index (χ0n) is 9.88. The van der Waals surface area contributed by atoms with Crippen LogP contribution in [0.4, 0.5) is 20.2 Å². The first-order chi connectivity index (χ1) is 9.38. The van der Waals surface area contributed by atoms with E-state index in [1.165, 1.54) is 18.2 Å². The molecule has 0 heterocycles. The molecule has 0 aliphatic carbocycles. The highest BCUT2D eigenvalue weighted by Crippen LogP contribution is 2.34. The number of hydrogen-bond donors (Lipinski definition) is 2. The Morgan fingerprint density at radius 2 is 1.95 bits per heavy atom. The molecular formula is C13H8BrClF2N2S. The lowest BCUT2D eigenvalue weighted by Crippen LogP contribution is -2.11. The number of nitrogens with one attached hydrogen (secondary N) is 1. The molecule has 20 heavy (non-hydrogen) atoms. The van der Waals surface area contributed by atoms with E-state index in [2.05, 4.69) is 21.2 Å². The van der Waals surface area contributed by atoms with E-state index in [4.69, 9.17) is 29.6 Å². The maximum absolute atomic E-state index is 13.8. The van der Waals surface area contributed by atoms with Crippen molar-refractivity contribution in [3.05, 3.63) is 57.0 Å². The number of nitrogens with two attached hydrogens (primary N) is 1. The van der Waals surface area contributed by atoms with Crippen LogP contribution < -0.4 is 11.1 Å². The van der Waals surface area contributed by atoms with Crippen molar-refractivity contribution >= 4 is 56.1 Å². The van der Waals surface area contributed by atoms with Crippen LogP contribution in [0.2, 0.25) is 5.02 Å². The largest absolute Gasteiger partial charge is 0.389 e. The van der Waals surface area contributed by atoms with Crippen molar-refractivity contribution in [1.82, 2.24) is 0 Å². The molecule has 104 valence electrons. The molecule has 0 aliphatic heterocycles. The Labute approximate surface area is 133 Å². The van der Waals surface area contributed by atoms with Crippen molar-refractivity contribution in [2.24, 2.45) is 5.73 Å². The number of rotatable bonds is 3. The van der Waals surface area contributed by atoms with E-state index in [0.29, 0.717) is 15.8 Å². The molecule has 0 saturated carbocycles. The molecule has 2 rings (SSSR count). The summed E-state index contributed by atoms with van der Waals surface area (Å²) < 4.78 is 27.3. The molecule has 2 aromatic carbocycles. The van der Waals surface area contributed by atoms with E-state index in [0.717, 1.165) is 6.07 Å². The Morgan fingerprint density at radius 1 is 1.25 bits per heavy atom. The van der Waals surface area contributed by atoms with Gasteiger partial charge in [0.25, 0.3) is 0 Å². The van der Waals surface area contributed by atoms with Gasteiger partial charge in [0.05, 0.1) is 10.7 Å². The molecule has 0 amide bonds. The second-order valence-electron chi connectivity index (χ2n) is 3.93. The third-order valence-corrected chi connectivity index (χ3v) is 3.65. The first kappa shape index (κ1) is 15.2. The summed E-state index contributed by atoms with van der Waals surface area (Å²) in [5.74, 6) is -1.01. The third kappa shape index (κ3) is 3.26.